The van der Waals surface area contributed by atoms with Gasteiger partial charge in [-0.2, -0.15) is 0 Å². The summed E-state index contributed by atoms with van der Waals surface area (Å²) in [6.07, 6.45) is 1.97. The predicted molar refractivity (Wildman–Crippen MR) is 81.2 cm³/mol. The van der Waals surface area contributed by atoms with Gasteiger partial charge in [-0.05, 0) is 42.7 Å². The van der Waals surface area contributed by atoms with E-state index in [0.29, 0.717) is 12.2 Å². The second-order valence-corrected chi connectivity index (χ2v) is 7.72. The number of hydrogen-bond acceptors (Lipinski definition) is 5. The Morgan fingerprint density at radius 3 is 2.42 bits per heavy atom. The Hall–Kier alpha value is -1.02. The molecular weight excluding hydrogens is 300 g/mol. The lowest BCUT2D eigenvalue weighted by Crippen LogP contribution is -2.11. The van der Waals surface area contributed by atoms with Crippen LogP contribution in [0.5, 0.6) is 0 Å². The van der Waals surface area contributed by atoms with E-state index in [2.05, 4.69) is 4.72 Å². The van der Waals surface area contributed by atoms with Crippen LogP contribution >= 0.6 is 23.1 Å². The van der Waals surface area contributed by atoms with Crippen molar-refractivity contribution < 1.29 is 8.42 Å². The van der Waals surface area contributed by atoms with Gasteiger partial charge in [-0.3, -0.25) is 4.72 Å². The molecular formula is C12H14N2O2S3. The van der Waals surface area contributed by atoms with E-state index in [1.807, 2.05) is 18.4 Å². The number of thioether (sulfide) groups is 1. The van der Waals surface area contributed by atoms with Crippen LogP contribution in [0.3, 0.4) is 0 Å². The van der Waals surface area contributed by atoms with Crippen molar-refractivity contribution in [3.05, 3.63) is 41.3 Å². The zero-order valence-corrected chi connectivity index (χ0v) is 12.7. The highest BCUT2D eigenvalue weighted by Crippen LogP contribution is 2.24. The van der Waals surface area contributed by atoms with Crippen molar-refractivity contribution in [2.75, 3.05) is 11.0 Å². The fourth-order valence-electron chi connectivity index (χ4n) is 1.48. The Morgan fingerprint density at radius 2 is 1.89 bits per heavy atom. The minimum absolute atomic E-state index is 0.280. The van der Waals surface area contributed by atoms with Gasteiger partial charge >= 0.3 is 0 Å². The van der Waals surface area contributed by atoms with E-state index in [9.17, 15) is 8.42 Å². The second kappa shape index (κ2) is 5.96. The molecule has 0 aliphatic rings. The van der Waals surface area contributed by atoms with Crippen LogP contribution in [-0.4, -0.2) is 14.7 Å². The quantitative estimate of drug-likeness (QED) is 0.832. The van der Waals surface area contributed by atoms with Crippen molar-refractivity contribution in [2.45, 2.75) is 15.6 Å². The van der Waals surface area contributed by atoms with Gasteiger partial charge in [0.05, 0.1) is 0 Å². The molecule has 0 saturated heterocycles. The average Bonchev–Trinajstić information content (AvgIpc) is 2.89. The molecule has 2 aromatic rings. The van der Waals surface area contributed by atoms with Crippen LogP contribution in [0, 0.1) is 0 Å². The molecule has 4 nitrogen and oxygen atoms in total. The summed E-state index contributed by atoms with van der Waals surface area (Å²) in [7, 11) is -3.52. The van der Waals surface area contributed by atoms with Gasteiger partial charge in [-0.15, -0.1) is 23.1 Å². The smallest absolute Gasteiger partial charge is 0.271 e. The van der Waals surface area contributed by atoms with Gasteiger partial charge in [-0.25, -0.2) is 8.42 Å². The van der Waals surface area contributed by atoms with Crippen LogP contribution in [0.25, 0.3) is 0 Å². The number of nitrogens with two attached hydrogens (primary N) is 1. The lowest BCUT2D eigenvalue weighted by atomic mass is 10.3. The van der Waals surface area contributed by atoms with Crippen LogP contribution < -0.4 is 10.5 Å². The summed E-state index contributed by atoms with van der Waals surface area (Å²) < 4.78 is 27.1. The molecule has 1 aromatic carbocycles. The van der Waals surface area contributed by atoms with Gasteiger partial charge in [0.1, 0.15) is 4.21 Å². The van der Waals surface area contributed by atoms with E-state index in [1.54, 1.807) is 36.0 Å². The molecule has 0 radical (unpaired) electrons. The number of rotatable bonds is 5. The summed E-state index contributed by atoms with van der Waals surface area (Å²) in [5.74, 6) is 0. The highest BCUT2D eigenvalue weighted by atomic mass is 32.2. The van der Waals surface area contributed by atoms with Gasteiger partial charge in [0.25, 0.3) is 10.0 Å². The fourth-order valence-corrected chi connectivity index (χ4v) is 4.18. The molecule has 2 rings (SSSR count). The summed E-state index contributed by atoms with van der Waals surface area (Å²) >= 11 is 2.80. The summed E-state index contributed by atoms with van der Waals surface area (Å²) in [6.45, 7) is 0.350. The van der Waals surface area contributed by atoms with Gasteiger partial charge in [0.15, 0.2) is 0 Å². The third-order valence-corrected chi connectivity index (χ3v) is 6.17. The van der Waals surface area contributed by atoms with Crippen LogP contribution in [0.1, 0.15) is 4.88 Å². The van der Waals surface area contributed by atoms with E-state index < -0.39 is 10.0 Å². The van der Waals surface area contributed by atoms with Gasteiger partial charge in [0.2, 0.25) is 0 Å². The van der Waals surface area contributed by atoms with Crippen molar-refractivity contribution in [3.8, 4) is 0 Å². The lowest BCUT2D eigenvalue weighted by molar-refractivity contribution is 0.603. The molecule has 102 valence electrons. The number of anilines is 1. The topological polar surface area (TPSA) is 72.2 Å². The molecule has 19 heavy (non-hydrogen) atoms. The van der Waals surface area contributed by atoms with Crippen molar-refractivity contribution in [2.24, 2.45) is 5.73 Å². The van der Waals surface area contributed by atoms with E-state index in [1.165, 1.54) is 11.3 Å². The van der Waals surface area contributed by atoms with Crippen molar-refractivity contribution in [3.63, 3.8) is 0 Å². The van der Waals surface area contributed by atoms with Crippen molar-refractivity contribution in [1.29, 1.82) is 0 Å². The largest absolute Gasteiger partial charge is 0.326 e. The van der Waals surface area contributed by atoms with Crippen LogP contribution in [0.15, 0.2) is 45.5 Å². The normalized spacial score (nSPS) is 11.5. The van der Waals surface area contributed by atoms with E-state index in [4.69, 9.17) is 5.73 Å². The maximum atomic E-state index is 12.1. The van der Waals surface area contributed by atoms with E-state index in [-0.39, 0.29) is 4.21 Å². The summed E-state index contributed by atoms with van der Waals surface area (Å²) in [4.78, 5) is 1.93. The maximum Gasteiger partial charge on any atom is 0.271 e. The highest BCUT2D eigenvalue weighted by Gasteiger charge is 2.16. The Balaban J connectivity index is 2.20. The monoisotopic (exact) mass is 314 g/mol. The Morgan fingerprint density at radius 1 is 1.21 bits per heavy atom. The highest BCUT2D eigenvalue weighted by molar-refractivity contribution is 7.98. The van der Waals surface area contributed by atoms with Crippen LogP contribution in [0.4, 0.5) is 5.69 Å². The number of hydrogen-bond donors (Lipinski definition) is 2. The zero-order chi connectivity index (χ0) is 13.9. The van der Waals surface area contributed by atoms with Crippen molar-refractivity contribution in [1.82, 2.24) is 0 Å². The third kappa shape index (κ3) is 3.50. The minimum atomic E-state index is -3.52. The summed E-state index contributed by atoms with van der Waals surface area (Å²) in [5, 5.41) is 0. The fraction of sp³-hybridized carbons (Fsp3) is 0.167. The number of nitrogens with one attached hydrogen (secondary N) is 1. The number of sulfonamides is 1. The molecule has 0 amide bonds. The first-order chi connectivity index (χ1) is 9.05. The number of benzene rings is 1. The van der Waals surface area contributed by atoms with Gasteiger partial charge < -0.3 is 5.73 Å². The van der Waals surface area contributed by atoms with Gasteiger partial charge in [-0.1, -0.05) is 0 Å². The van der Waals surface area contributed by atoms with Crippen LogP contribution in [-0.2, 0) is 16.6 Å². The third-order valence-electron chi connectivity index (χ3n) is 2.45. The molecule has 0 spiro atoms. The molecule has 0 aliphatic heterocycles. The maximum absolute atomic E-state index is 12.1. The molecule has 1 aromatic heterocycles. The zero-order valence-electron chi connectivity index (χ0n) is 10.3. The van der Waals surface area contributed by atoms with Crippen molar-refractivity contribution >= 4 is 38.8 Å². The number of thiophene rings is 1. The molecule has 3 N–H and O–H groups in total. The Labute approximate surface area is 121 Å². The molecule has 0 aliphatic carbocycles. The average molecular weight is 314 g/mol. The molecule has 1 heterocycles. The lowest BCUT2D eigenvalue weighted by Gasteiger charge is -2.06. The molecule has 0 saturated carbocycles. The summed E-state index contributed by atoms with van der Waals surface area (Å²) in [6, 6.07) is 10.6. The van der Waals surface area contributed by atoms with Gasteiger partial charge in [0, 0.05) is 22.0 Å². The first-order valence-corrected chi connectivity index (χ1v) is 9.03. The minimum Gasteiger partial charge on any atom is -0.326 e. The molecule has 7 heteroatoms. The molecule has 0 bridgehead atoms. The Kier molecular flexibility index (Phi) is 4.51. The summed E-state index contributed by atoms with van der Waals surface area (Å²) in [5.41, 5.74) is 6.04. The van der Waals surface area contributed by atoms with E-state index >= 15 is 0 Å². The first kappa shape index (κ1) is 14.4. The second-order valence-electron chi connectivity index (χ2n) is 3.76. The first-order valence-electron chi connectivity index (χ1n) is 5.51. The molecule has 0 atom stereocenters. The molecule has 0 unspecified atom stereocenters. The Bertz CT molecular complexity index is 648. The standard InChI is InChI=1S/C12H14N2O2S3/c1-17-10-4-2-9(3-5-10)14-19(15,16)12-7-6-11(8-13)18-12/h2-7,14H,8,13H2,1H3. The van der Waals surface area contributed by atoms with Crippen LogP contribution in [0.2, 0.25) is 0 Å². The predicted octanol–water partition coefficient (Wildman–Crippen LogP) is 2.73. The SMILES string of the molecule is CSc1ccc(NS(=O)(=O)c2ccc(CN)s2)cc1. The van der Waals surface area contributed by atoms with E-state index in [0.717, 1.165) is 9.77 Å². The molecule has 0 fully saturated rings.